The number of benzene rings is 2. The number of pyridine rings is 1. The van der Waals surface area contributed by atoms with Crippen molar-refractivity contribution in [2.24, 2.45) is 0 Å². The number of nitrogens with one attached hydrogen (secondary N) is 1. The third-order valence-corrected chi connectivity index (χ3v) is 7.40. The molecule has 5 aromatic rings. The molecule has 3 aromatic heterocycles. The van der Waals surface area contributed by atoms with Crippen LogP contribution in [-0.4, -0.2) is 44.4 Å². The van der Waals surface area contributed by atoms with E-state index in [1.165, 1.54) is 12.5 Å². The van der Waals surface area contributed by atoms with Crippen LogP contribution < -0.4 is 25.1 Å². The number of carbonyl (C=O) groups excluding carboxylic acids is 1. The van der Waals surface area contributed by atoms with Gasteiger partial charge < -0.3 is 19.5 Å². The van der Waals surface area contributed by atoms with Crippen molar-refractivity contribution in [1.29, 1.82) is 0 Å². The van der Waals surface area contributed by atoms with Gasteiger partial charge in [0.15, 0.2) is 11.5 Å². The van der Waals surface area contributed by atoms with E-state index in [-0.39, 0.29) is 16.9 Å². The number of rotatable bonds is 8. The van der Waals surface area contributed by atoms with E-state index in [0.717, 1.165) is 24.0 Å². The molecule has 1 amide bonds. The van der Waals surface area contributed by atoms with Crippen molar-refractivity contribution in [3.8, 4) is 28.8 Å². The Labute approximate surface area is 247 Å². The van der Waals surface area contributed by atoms with Crippen LogP contribution in [0.4, 0.5) is 5.82 Å². The van der Waals surface area contributed by atoms with Gasteiger partial charge in [0.05, 0.1) is 42.7 Å². The zero-order valence-electron chi connectivity index (χ0n) is 24.1. The zero-order chi connectivity index (χ0) is 30.1. The van der Waals surface area contributed by atoms with E-state index in [4.69, 9.17) is 14.2 Å². The summed E-state index contributed by atoms with van der Waals surface area (Å²) in [4.78, 5) is 40.2. The molecule has 6 rings (SSSR count). The number of para-hydroxylation sites is 1. The van der Waals surface area contributed by atoms with Crippen molar-refractivity contribution in [1.82, 2.24) is 24.3 Å². The molecular formula is C32H30N6O5. The lowest BCUT2D eigenvalue weighted by Crippen LogP contribution is -2.26. The van der Waals surface area contributed by atoms with Gasteiger partial charge in [-0.15, -0.1) is 0 Å². The van der Waals surface area contributed by atoms with Gasteiger partial charge in [0, 0.05) is 18.2 Å². The predicted molar refractivity (Wildman–Crippen MR) is 163 cm³/mol. The summed E-state index contributed by atoms with van der Waals surface area (Å²) in [7, 11) is 3.10. The van der Waals surface area contributed by atoms with Gasteiger partial charge >= 0.3 is 0 Å². The van der Waals surface area contributed by atoms with Crippen molar-refractivity contribution >= 4 is 28.2 Å². The van der Waals surface area contributed by atoms with E-state index in [2.05, 4.69) is 26.8 Å². The second-order valence-corrected chi connectivity index (χ2v) is 10.2. The summed E-state index contributed by atoms with van der Waals surface area (Å²) in [6.45, 7) is 6.62. The van der Waals surface area contributed by atoms with E-state index in [1.54, 1.807) is 43.2 Å². The number of anilines is 1. The first-order chi connectivity index (χ1) is 20.9. The highest BCUT2D eigenvalue weighted by Gasteiger charge is 2.28. The second kappa shape index (κ2) is 11.4. The average molecular weight is 579 g/mol. The van der Waals surface area contributed by atoms with E-state index >= 15 is 0 Å². The predicted octanol–water partition coefficient (Wildman–Crippen LogP) is 5.41. The van der Waals surface area contributed by atoms with Gasteiger partial charge in [-0.05, 0) is 56.0 Å². The lowest BCUT2D eigenvalue weighted by atomic mass is 10.1. The van der Waals surface area contributed by atoms with E-state index in [0.29, 0.717) is 58.4 Å². The fourth-order valence-corrected chi connectivity index (χ4v) is 5.36. The summed E-state index contributed by atoms with van der Waals surface area (Å²) < 4.78 is 20.3. The number of ether oxygens (including phenoxy) is 3. The number of fused-ring (bicyclic) bond motifs is 2. The van der Waals surface area contributed by atoms with Gasteiger partial charge in [0.1, 0.15) is 23.5 Å². The number of methoxy groups -OCH3 is 2. The maximum atomic E-state index is 13.8. The van der Waals surface area contributed by atoms with Crippen LogP contribution >= 0.6 is 0 Å². The molecule has 0 fully saturated rings. The van der Waals surface area contributed by atoms with E-state index < -0.39 is 5.91 Å². The molecular weight excluding hydrogens is 548 g/mol. The molecule has 0 saturated heterocycles. The molecule has 0 atom stereocenters. The van der Waals surface area contributed by atoms with Crippen LogP contribution in [0.5, 0.6) is 23.1 Å². The van der Waals surface area contributed by atoms with Crippen molar-refractivity contribution < 1.29 is 19.0 Å². The molecule has 11 heteroatoms. The number of amides is 1. The minimum absolute atomic E-state index is 0.121. The summed E-state index contributed by atoms with van der Waals surface area (Å²) >= 11 is 0. The molecule has 4 heterocycles. The van der Waals surface area contributed by atoms with Crippen molar-refractivity contribution in [2.45, 2.75) is 32.7 Å². The highest BCUT2D eigenvalue weighted by molar-refractivity contribution is 6.04. The summed E-state index contributed by atoms with van der Waals surface area (Å²) in [6, 6.07) is 14.3. The molecule has 43 heavy (non-hydrogen) atoms. The Morgan fingerprint density at radius 1 is 1.00 bits per heavy atom. The number of aromatic nitrogens is 5. The molecule has 218 valence electrons. The van der Waals surface area contributed by atoms with Crippen LogP contribution in [0, 0.1) is 0 Å². The Kier molecular flexibility index (Phi) is 7.37. The van der Waals surface area contributed by atoms with Gasteiger partial charge in [0.25, 0.3) is 11.5 Å². The van der Waals surface area contributed by atoms with Crippen molar-refractivity contribution in [3.63, 3.8) is 0 Å². The van der Waals surface area contributed by atoms with Crippen molar-refractivity contribution in [2.75, 3.05) is 19.5 Å². The maximum Gasteiger partial charge on any atom is 0.284 e. The molecule has 0 saturated carbocycles. The van der Waals surface area contributed by atoms with Crippen LogP contribution in [0.25, 0.3) is 22.2 Å². The molecule has 0 aliphatic carbocycles. The molecule has 0 radical (unpaired) electrons. The number of nitrogens with zero attached hydrogens (tertiary/aromatic N) is 5. The Morgan fingerprint density at radius 3 is 2.53 bits per heavy atom. The number of carbonyl (C=O) groups is 1. The third-order valence-electron chi connectivity index (χ3n) is 7.40. The van der Waals surface area contributed by atoms with Gasteiger partial charge in [-0.3, -0.25) is 14.3 Å². The van der Waals surface area contributed by atoms with Gasteiger partial charge in [-0.1, -0.05) is 24.8 Å². The highest BCUT2D eigenvalue weighted by Crippen LogP contribution is 2.35. The van der Waals surface area contributed by atoms with Crippen LogP contribution in [0.3, 0.4) is 0 Å². The van der Waals surface area contributed by atoms with Crippen molar-refractivity contribution in [3.05, 3.63) is 94.8 Å². The molecule has 0 bridgehead atoms. The Morgan fingerprint density at radius 2 is 1.79 bits per heavy atom. The lowest BCUT2D eigenvalue weighted by molar-refractivity contribution is 0.102. The molecule has 1 aliphatic heterocycles. The van der Waals surface area contributed by atoms with Gasteiger partial charge in [-0.2, -0.15) is 0 Å². The Balaban J connectivity index is 1.27. The van der Waals surface area contributed by atoms with Crippen LogP contribution in [0.15, 0.2) is 72.4 Å². The number of hydrogen-bond acceptors (Lipinski definition) is 8. The molecule has 11 nitrogen and oxygen atoms in total. The second-order valence-electron chi connectivity index (χ2n) is 10.2. The van der Waals surface area contributed by atoms with Gasteiger partial charge in [0.2, 0.25) is 5.88 Å². The lowest BCUT2D eigenvalue weighted by Gasteiger charge is -2.20. The normalized spacial score (nSPS) is 12.4. The largest absolute Gasteiger partial charge is 0.493 e. The SMILES string of the molecule is C=C(C)c1ccccc1-n1c(=O)c(C(=O)Nc2ccc(Oc3ncnc4cc(OC)c(OC)cc34)cn2)c2n1CCCC2. The first-order valence-electron chi connectivity index (χ1n) is 13.8. The third kappa shape index (κ3) is 5.09. The fraction of sp³-hybridized carbons (Fsp3) is 0.219. The fourth-order valence-electron chi connectivity index (χ4n) is 5.36. The highest BCUT2D eigenvalue weighted by atomic mass is 16.5. The first kappa shape index (κ1) is 27.7. The van der Waals surface area contributed by atoms with Crippen LogP contribution in [0.2, 0.25) is 0 Å². The Bertz CT molecular complexity index is 1930. The van der Waals surface area contributed by atoms with E-state index in [1.807, 2.05) is 35.9 Å². The Hall–Kier alpha value is -5.45. The summed E-state index contributed by atoms with van der Waals surface area (Å²) in [5, 5.41) is 3.42. The summed E-state index contributed by atoms with van der Waals surface area (Å²) in [6.07, 6.45) is 5.31. The van der Waals surface area contributed by atoms with Crippen LogP contribution in [-0.2, 0) is 13.0 Å². The summed E-state index contributed by atoms with van der Waals surface area (Å²) in [5.74, 6) is 1.53. The molecule has 0 spiro atoms. The maximum absolute atomic E-state index is 13.8. The minimum atomic E-state index is -0.508. The summed E-state index contributed by atoms with van der Waals surface area (Å²) in [5.41, 5.74) is 3.48. The zero-order valence-corrected chi connectivity index (χ0v) is 24.1. The number of allylic oxidation sites excluding steroid dienone is 1. The van der Waals surface area contributed by atoms with Crippen LogP contribution in [0.1, 0.15) is 41.4 Å². The average Bonchev–Trinajstić information content (AvgIpc) is 3.32. The first-order valence-corrected chi connectivity index (χ1v) is 13.8. The molecule has 2 aromatic carbocycles. The monoisotopic (exact) mass is 578 g/mol. The smallest absolute Gasteiger partial charge is 0.284 e. The van der Waals surface area contributed by atoms with E-state index in [9.17, 15) is 9.59 Å². The molecule has 1 N–H and O–H groups in total. The quantitative estimate of drug-likeness (QED) is 0.259. The standard InChI is InChI=1S/C32H30N6O5/c1-19(2)21-9-5-6-10-24(21)38-32(40)29(25-11-7-8-14-37(25)38)30(39)36-28-13-12-20(17-33-28)43-31-22-15-26(41-3)27(42-4)16-23(22)34-18-35-31/h5-6,9-10,12-13,15-18H,1,7-8,11,14H2,2-4H3,(H,33,36,39). The topological polar surface area (TPSA) is 122 Å². The molecule has 0 unspecified atom stereocenters. The van der Waals surface area contributed by atoms with Gasteiger partial charge in [-0.25, -0.2) is 19.6 Å². The number of hydrogen-bond donors (Lipinski definition) is 1. The molecule has 1 aliphatic rings. The minimum Gasteiger partial charge on any atom is -0.493 e.